The van der Waals surface area contributed by atoms with Crippen LogP contribution in [-0.4, -0.2) is 73.4 Å². The number of rotatable bonds is 47. The summed E-state index contributed by atoms with van der Waals surface area (Å²) in [6.07, 6.45) is 47.5. The maximum Gasteiger partial charge on any atom is 0.472 e. The van der Waals surface area contributed by atoms with Crippen LogP contribution in [0.2, 0.25) is 0 Å². The van der Waals surface area contributed by atoms with Crippen molar-refractivity contribution >= 4 is 13.7 Å². The van der Waals surface area contributed by atoms with E-state index < -0.39 is 20.0 Å². The lowest BCUT2D eigenvalue weighted by molar-refractivity contribution is -0.870. The summed E-state index contributed by atoms with van der Waals surface area (Å²) >= 11 is 0. The third-order valence-corrected chi connectivity index (χ3v) is 12.8. The molecule has 0 aromatic carbocycles. The Morgan fingerprint density at radius 2 is 0.828 bits per heavy atom. The van der Waals surface area contributed by atoms with Crippen molar-refractivity contribution in [3.05, 3.63) is 0 Å². The third-order valence-electron chi connectivity index (χ3n) is 11.9. The van der Waals surface area contributed by atoms with Crippen LogP contribution < -0.4 is 5.32 Å². The average molecular weight is 846 g/mol. The molecular formula is C49H102N2O6P+. The Bertz CT molecular complexity index is 916. The number of quaternary nitrogens is 1. The van der Waals surface area contributed by atoms with Crippen LogP contribution in [-0.2, 0) is 18.4 Å². The van der Waals surface area contributed by atoms with Crippen LogP contribution >= 0.6 is 7.82 Å². The summed E-state index contributed by atoms with van der Waals surface area (Å²) in [4.78, 5) is 23.0. The van der Waals surface area contributed by atoms with Crippen molar-refractivity contribution in [3.63, 3.8) is 0 Å². The van der Waals surface area contributed by atoms with Gasteiger partial charge in [-0.3, -0.25) is 13.8 Å². The van der Waals surface area contributed by atoms with Crippen molar-refractivity contribution in [2.45, 2.75) is 270 Å². The first-order valence-corrected chi connectivity index (χ1v) is 26.9. The number of nitrogens with zero attached hydrogens (tertiary/aromatic N) is 1. The molecule has 0 aliphatic carbocycles. The Morgan fingerprint density at radius 3 is 1.16 bits per heavy atom. The molecule has 0 spiro atoms. The Hall–Kier alpha value is -0.500. The molecule has 0 aliphatic rings. The van der Waals surface area contributed by atoms with E-state index >= 15 is 0 Å². The van der Waals surface area contributed by atoms with Gasteiger partial charge in [-0.2, -0.15) is 0 Å². The lowest BCUT2D eigenvalue weighted by Gasteiger charge is -2.26. The monoisotopic (exact) mass is 846 g/mol. The lowest BCUT2D eigenvalue weighted by Crippen LogP contribution is -2.46. The van der Waals surface area contributed by atoms with Crippen molar-refractivity contribution in [2.75, 3.05) is 40.9 Å². The van der Waals surface area contributed by atoms with Gasteiger partial charge in [-0.1, -0.05) is 239 Å². The van der Waals surface area contributed by atoms with Crippen LogP contribution in [0.25, 0.3) is 0 Å². The minimum Gasteiger partial charge on any atom is -0.391 e. The van der Waals surface area contributed by atoms with Crippen molar-refractivity contribution in [2.24, 2.45) is 0 Å². The highest BCUT2D eigenvalue weighted by Crippen LogP contribution is 2.43. The van der Waals surface area contributed by atoms with Crippen molar-refractivity contribution in [1.29, 1.82) is 0 Å². The van der Waals surface area contributed by atoms with Crippen LogP contribution in [0.1, 0.15) is 258 Å². The summed E-state index contributed by atoms with van der Waals surface area (Å²) < 4.78 is 23.6. The highest BCUT2D eigenvalue weighted by Gasteiger charge is 2.28. The minimum absolute atomic E-state index is 0.0781. The van der Waals surface area contributed by atoms with Gasteiger partial charge in [0.1, 0.15) is 13.2 Å². The van der Waals surface area contributed by atoms with Crippen LogP contribution in [0.4, 0.5) is 0 Å². The molecule has 1 amide bonds. The average Bonchev–Trinajstić information content (AvgIpc) is 3.17. The van der Waals surface area contributed by atoms with Crippen molar-refractivity contribution < 1.29 is 32.9 Å². The number of amides is 1. The number of carbonyl (C=O) groups is 1. The minimum atomic E-state index is -4.30. The van der Waals surface area contributed by atoms with Gasteiger partial charge in [0.15, 0.2) is 0 Å². The summed E-state index contributed by atoms with van der Waals surface area (Å²) in [5.41, 5.74) is 0. The summed E-state index contributed by atoms with van der Waals surface area (Å²) in [5, 5.41) is 13.9. The van der Waals surface area contributed by atoms with E-state index in [0.717, 1.165) is 38.5 Å². The fourth-order valence-electron chi connectivity index (χ4n) is 7.81. The number of aliphatic hydroxyl groups is 1. The number of nitrogens with one attached hydrogen (secondary N) is 1. The molecular weight excluding hydrogens is 744 g/mol. The van der Waals surface area contributed by atoms with Crippen molar-refractivity contribution in [3.8, 4) is 0 Å². The summed E-state index contributed by atoms with van der Waals surface area (Å²) in [6, 6.07) is -0.752. The Balaban J connectivity index is 3.92. The number of phosphoric acid groups is 1. The quantitative estimate of drug-likeness (QED) is 0.0320. The van der Waals surface area contributed by atoms with Gasteiger partial charge in [0, 0.05) is 6.42 Å². The van der Waals surface area contributed by atoms with E-state index in [4.69, 9.17) is 9.05 Å². The molecule has 3 atom stereocenters. The number of likely N-dealkylation sites (N-methyl/N-ethyl adjacent to an activating group) is 1. The van der Waals surface area contributed by atoms with Crippen LogP contribution in [0.3, 0.4) is 0 Å². The molecule has 0 aromatic rings. The van der Waals surface area contributed by atoms with Gasteiger partial charge < -0.3 is 19.8 Å². The zero-order valence-corrected chi connectivity index (χ0v) is 40.5. The number of phosphoric ester groups is 1. The molecule has 0 heterocycles. The van der Waals surface area contributed by atoms with E-state index in [0.29, 0.717) is 23.9 Å². The number of aliphatic hydroxyl groups excluding tert-OH is 1. The topological polar surface area (TPSA) is 105 Å². The zero-order valence-electron chi connectivity index (χ0n) is 39.6. The molecule has 0 radical (unpaired) electrons. The van der Waals surface area contributed by atoms with E-state index in [-0.39, 0.29) is 19.1 Å². The highest BCUT2D eigenvalue weighted by molar-refractivity contribution is 7.47. The van der Waals surface area contributed by atoms with Gasteiger partial charge in [-0.05, 0) is 12.8 Å². The molecule has 58 heavy (non-hydrogen) atoms. The summed E-state index contributed by atoms with van der Waals surface area (Å²) in [5.74, 6) is -0.148. The van der Waals surface area contributed by atoms with Gasteiger partial charge in [0.25, 0.3) is 0 Å². The smallest absolute Gasteiger partial charge is 0.391 e. The zero-order chi connectivity index (χ0) is 42.8. The molecule has 0 aromatic heterocycles. The van der Waals surface area contributed by atoms with Gasteiger partial charge in [0.2, 0.25) is 5.91 Å². The van der Waals surface area contributed by atoms with Crippen LogP contribution in [0, 0.1) is 0 Å². The normalized spacial score (nSPS) is 14.1. The lowest BCUT2D eigenvalue weighted by atomic mass is 10.0. The molecule has 9 heteroatoms. The van der Waals surface area contributed by atoms with Crippen LogP contribution in [0.5, 0.6) is 0 Å². The second-order valence-electron chi connectivity index (χ2n) is 18.9. The predicted octanol–water partition coefficient (Wildman–Crippen LogP) is 14.5. The third kappa shape index (κ3) is 43.6. The SMILES string of the molecule is CCCCCCCCCCCCCCCCCCCCCCCCCCCCCCCC(O)C(COP(=O)(O)OCC[N+](C)(C)C)NC(=O)CCCCCCCCC. The molecule has 0 rings (SSSR count). The number of hydrogen-bond acceptors (Lipinski definition) is 5. The van der Waals surface area contributed by atoms with E-state index in [9.17, 15) is 19.4 Å². The second kappa shape index (κ2) is 41.8. The number of hydrogen-bond donors (Lipinski definition) is 3. The molecule has 0 saturated carbocycles. The first kappa shape index (κ1) is 57.5. The molecule has 348 valence electrons. The summed E-state index contributed by atoms with van der Waals surface area (Å²) in [7, 11) is 1.63. The van der Waals surface area contributed by atoms with Gasteiger partial charge in [-0.15, -0.1) is 0 Å². The van der Waals surface area contributed by atoms with E-state index in [1.54, 1.807) is 0 Å². The van der Waals surface area contributed by atoms with Gasteiger partial charge >= 0.3 is 7.82 Å². The Morgan fingerprint density at radius 1 is 0.517 bits per heavy atom. The van der Waals surface area contributed by atoms with Gasteiger partial charge in [-0.25, -0.2) is 4.57 Å². The summed E-state index contributed by atoms with van der Waals surface area (Å²) in [6.45, 7) is 4.87. The first-order chi connectivity index (χ1) is 28.0. The van der Waals surface area contributed by atoms with E-state index in [1.807, 2.05) is 21.1 Å². The standard InChI is InChI=1S/C49H101N2O6P/c1-6-8-10-12-14-15-16-17-18-19-20-21-22-23-24-25-26-27-28-29-30-31-32-33-34-35-37-38-40-42-48(52)47(46-57-58(54,55)56-45-44-51(3,4)5)50-49(53)43-41-39-36-13-11-9-7-2/h47-48,52H,6-46H2,1-5H3,(H-,50,53,54,55)/p+1. The Kier molecular flexibility index (Phi) is 41.5. The van der Waals surface area contributed by atoms with Gasteiger partial charge in [0.05, 0.1) is 39.9 Å². The molecule has 0 saturated heterocycles. The van der Waals surface area contributed by atoms with Crippen molar-refractivity contribution in [1.82, 2.24) is 5.32 Å². The molecule has 3 unspecified atom stereocenters. The maximum atomic E-state index is 12.8. The molecule has 3 N–H and O–H groups in total. The maximum absolute atomic E-state index is 12.8. The highest BCUT2D eigenvalue weighted by atomic mass is 31.2. The second-order valence-corrected chi connectivity index (χ2v) is 20.4. The molecule has 0 bridgehead atoms. The first-order valence-electron chi connectivity index (χ1n) is 25.4. The number of carbonyl (C=O) groups excluding carboxylic acids is 1. The van der Waals surface area contributed by atoms with Crippen LogP contribution in [0.15, 0.2) is 0 Å². The molecule has 8 nitrogen and oxygen atoms in total. The molecule has 0 aliphatic heterocycles. The van der Waals surface area contributed by atoms with E-state index in [2.05, 4.69) is 19.2 Å². The van der Waals surface area contributed by atoms with E-state index in [1.165, 1.54) is 193 Å². The fraction of sp³-hybridized carbons (Fsp3) is 0.980. The number of unbranched alkanes of at least 4 members (excludes halogenated alkanes) is 34. The predicted molar refractivity (Wildman–Crippen MR) is 249 cm³/mol. The Labute approximate surface area is 361 Å². The largest absolute Gasteiger partial charge is 0.472 e. The molecule has 0 fully saturated rings. The fourth-order valence-corrected chi connectivity index (χ4v) is 8.55.